The Balaban J connectivity index is 1.89. The molecule has 0 spiro atoms. The van der Waals surface area contributed by atoms with Crippen LogP contribution in [-0.4, -0.2) is 5.11 Å². The first kappa shape index (κ1) is 15.5. The molecular formula is C19H14ClO3P. The van der Waals surface area contributed by atoms with Gasteiger partial charge >= 0.3 is 7.37 Å². The lowest BCUT2D eigenvalue weighted by molar-refractivity contribution is 0.240. The third kappa shape index (κ3) is 2.37. The highest BCUT2D eigenvalue weighted by molar-refractivity contribution is 7.68. The van der Waals surface area contributed by atoms with Crippen LogP contribution in [0, 0.1) is 0 Å². The molecule has 2 atom stereocenters. The Labute approximate surface area is 144 Å². The van der Waals surface area contributed by atoms with Gasteiger partial charge in [0.1, 0.15) is 5.75 Å². The molecular weight excluding hydrogens is 343 g/mol. The van der Waals surface area contributed by atoms with Crippen molar-refractivity contribution in [3.63, 3.8) is 0 Å². The second kappa shape index (κ2) is 5.78. The Kier molecular flexibility index (Phi) is 3.73. The van der Waals surface area contributed by atoms with E-state index in [1.165, 1.54) is 0 Å². The van der Waals surface area contributed by atoms with Gasteiger partial charge in [0.05, 0.1) is 5.30 Å². The molecule has 0 amide bonds. The first-order valence-electron chi connectivity index (χ1n) is 7.51. The van der Waals surface area contributed by atoms with Crippen LogP contribution in [0.3, 0.4) is 0 Å². The smallest absolute Gasteiger partial charge is 0.310 e. The Morgan fingerprint density at radius 3 is 2.25 bits per heavy atom. The van der Waals surface area contributed by atoms with E-state index in [0.29, 0.717) is 21.6 Å². The topological polar surface area (TPSA) is 46.5 Å². The molecule has 4 rings (SSSR count). The van der Waals surface area contributed by atoms with Gasteiger partial charge in [0.25, 0.3) is 0 Å². The van der Waals surface area contributed by atoms with Crippen molar-refractivity contribution in [2.24, 2.45) is 0 Å². The van der Waals surface area contributed by atoms with Gasteiger partial charge in [-0.1, -0.05) is 60.1 Å². The molecule has 24 heavy (non-hydrogen) atoms. The van der Waals surface area contributed by atoms with Crippen molar-refractivity contribution in [3.8, 4) is 16.9 Å². The molecule has 1 heterocycles. The Morgan fingerprint density at radius 1 is 0.875 bits per heavy atom. The summed E-state index contributed by atoms with van der Waals surface area (Å²) in [4.78, 5) is 0. The zero-order chi connectivity index (χ0) is 16.7. The number of aliphatic hydroxyl groups excluding tert-OH is 1. The van der Waals surface area contributed by atoms with Gasteiger partial charge in [-0.15, -0.1) is 0 Å². The predicted octanol–water partition coefficient (Wildman–Crippen LogP) is 4.99. The van der Waals surface area contributed by atoms with Crippen molar-refractivity contribution in [2.75, 3.05) is 0 Å². The summed E-state index contributed by atoms with van der Waals surface area (Å²) in [6.45, 7) is 0. The lowest BCUT2D eigenvalue weighted by Gasteiger charge is -2.31. The zero-order valence-corrected chi connectivity index (χ0v) is 14.2. The van der Waals surface area contributed by atoms with E-state index in [9.17, 15) is 9.67 Å². The van der Waals surface area contributed by atoms with Gasteiger partial charge in [0, 0.05) is 10.6 Å². The summed E-state index contributed by atoms with van der Waals surface area (Å²) in [5.41, 5.74) is 2.22. The summed E-state index contributed by atoms with van der Waals surface area (Å²) in [6.07, 6.45) is 0. The van der Waals surface area contributed by atoms with E-state index >= 15 is 0 Å². The fraction of sp³-hybridized carbons (Fsp3) is 0.0526. The summed E-state index contributed by atoms with van der Waals surface area (Å²) in [5, 5.41) is 11.9. The maximum Gasteiger partial charge on any atom is 0.310 e. The molecule has 0 aliphatic carbocycles. The summed E-state index contributed by atoms with van der Waals surface area (Å²) in [5.74, 6) is -0.739. The Morgan fingerprint density at radius 2 is 1.50 bits per heavy atom. The van der Waals surface area contributed by atoms with Crippen LogP contribution >= 0.6 is 19.0 Å². The summed E-state index contributed by atoms with van der Waals surface area (Å²) < 4.78 is 19.6. The van der Waals surface area contributed by atoms with Gasteiger partial charge in [-0.2, -0.15) is 0 Å². The molecule has 1 N–H and O–H groups in total. The van der Waals surface area contributed by atoms with Crippen molar-refractivity contribution >= 4 is 24.3 Å². The van der Waals surface area contributed by atoms with E-state index in [1.54, 1.807) is 42.5 Å². The van der Waals surface area contributed by atoms with Gasteiger partial charge in [-0.25, -0.2) is 0 Å². The lowest BCUT2D eigenvalue weighted by atomic mass is 10.0. The van der Waals surface area contributed by atoms with E-state index in [1.807, 2.05) is 30.3 Å². The van der Waals surface area contributed by atoms with Crippen LogP contribution in [0.15, 0.2) is 72.8 Å². The first-order valence-corrected chi connectivity index (χ1v) is 9.58. The van der Waals surface area contributed by atoms with E-state index < -0.39 is 13.2 Å². The molecule has 0 saturated carbocycles. The van der Waals surface area contributed by atoms with E-state index in [-0.39, 0.29) is 0 Å². The van der Waals surface area contributed by atoms with Crippen LogP contribution in [0.2, 0.25) is 5.02 Å². The molecule has 1 aliphatic heterocycles. The SMILES string of the molecule is O=P1(C(O)c2ccc(Cl)cc2)Oc2ccccc2-c2ccccc21. The van der Waals surface area contributed by atoms with Gasteiger partial charge in [-0.05, 0) is 35.4 Å². The van der Waals surface area contributed by atoms with Crippen LogP contribution < -0.4 is 9.83 Å². The number of halogens is 1. The first-order chi connectivity index (χ1) is 11.6. The van der Waals surface area contributed by atoms with Crippen molar-refractivity contribution in [1.29, 1.82) is 0 Å². The molecule has 0 radical (unpaired) electrons. The molecule has 0 fully saturated rings. The Bertz CT molecular complexity index is 953. The summed E-state index contributed by atoms with van der Waals surface area (Å²) in [7, 11) is -3.55. The molecule has 3 nitrogen and oxygen atoms in total. The zero-order valence-electron chi connectivity index (χ0n) is 12.6. The van der Waals surface area contributed by atoms with Crippen LogP contribution in [0.5, 0.6) is 5.75 Å². The van der Waals surface area contributed by atoms with Crippen LogP contribution in [0.4, 0.5) is 0 Å². The number of rotatable bonds is 2. The van der Waals surface area contributed by atoms with Gasteiger partial charge < -0.3 is 9.63 Å². The molecule has 1 aliphatic rings. The molecule has 0 bridgehead atoms. The maximum atomic E-state index is 13.7. The summed E-state index contributed by atoms with van der Waals surface area (Å²) in [6, 6.07) is 21.4. The van der Waals surface area contributed by atoms with E-state index in [0.717, 1.165) is 11.1 Å². The molecule has 2 unspecified atom stereocenters. The normalized spacial score (nSPS) is 19.8. The van der Waals surface area contributed by atoms with Gasteiger partial charge in [0.15, 0.2) is 5.85 Å². The molecule has 3 aromatic carbocycles. The summed E-state index contributed by atoms with van der Waals surface area (Å²) >= 11 is 5.90. The molecule has 3 aromatic rings. The second-order valence-corrected chi connectivity index (χ2v) is 8.41. The average Bonchev–Trinajstić information content (AvgIpc) is 2.62. The standard InChI is InChI=1S/C19H14ClO3P/c20-14-11-9-13(10-12-14)19(21)24(22)18-8-4-2-6-16(18)15-5-1-3-7-17(15)23-24/h1-12,19,21H. The largest absolute Gasteiger partial charge is 0.437 e. The Hall–Kier alpha value is -2.06. The minimum atomic E-state index is -3.55. The predicted molar refractivity (Wildman–Crippen MR) is 96.2 cm³/mol. The minimum Gasteiger partial charge on any atom is -0.437 e. The fourth-order valence-electron chi connectivity index (χ4n) is 2.95. The van der Waals surface area contributed by atoms with Gasteiger partial charge in [-0.3, -0.25) is 4.57 Å². The molecule has 120 valence electrons. The number of aliphatic hydroxyl groups is 1. The van der Waals surface area contributed by atoms with Crippen LogP contribution in [0.1, 0.15) is 11.4 Å². The van der Waals surface area contributed by atoms with Crippen molar-refractivity contribution in [1.82, 2.24) is 0 Å². The fourth-order valence-corrected chi connectivity index (χ4v) is 5.38. The number of para-hydroxylation sites is 1. The van der Waals surface area contributed by atoms with Crippen LogP contribution in [-0.2, 0) is 4.57 Å². The monoisotopic (exact) mass is 356 g/mol. The highest BCUT2D eigenvalue weighted by Crippen LogP contribution is 2.62. The average molecular weight is 357 g/mol. The van der Waals surface area contributed by atoms with Gasteiger partial charge in [0.2, 0.25) is 0 Å². The molecule has 5 heteroatoms. The quantitative estimate of drug-likeness (QED) is 0.658. The number of fused-ring (bicyclic) bond motifs is 3. The molecule has 0 aromatic heterocycles. The number of hydrogen-bond acceptors (Lipinski definition) is 3. The second-order valence-electron chi connectivity index (χ2n) is 5.63. The van der Waals surface area contributed by atoms with Crippen molar-refractivity contribution in [3.05, 3.63) is 83.4 Å². The highest BCUT2D eigenvalue weighted by atomic mass is 35.5. The third-order valence-electron chi connectivity index (χ3n) is 4.14. The number of benzene rings is 3. The third-order valence-corrected chi connectivity index (χ3v) is 6.86. The van der Waals surface area contributed by atoms with E-state index in [2.05, 4.69) is 0 Å². The lowest BCUT2D eigenvalue weighted by Crippen LogP contribution is -2.22. The van der Waals surface area contributed by atoms with E-state index in [4.69, 9.17) is 16.1 Å². The van der Waals surface area contributed by atoms with Crippen LogP contribution in [0.25, 0.3) is 11.1 Å². The van der Waals surface area contributed by atoms with Crippen molar-refractivity contribution < 1.29 is 14.2 Å². The maximum absolute atomic E-state index is 13.7. The number of hydrogen-bond donors (Lipinski definition) is 1. The molecule has 0 saturated heterocycles. The minimum absolute atomic E-state index is 0.511. The van der Waals surface area contributed by atoms with Crippen molar-refractivity contribution in [2.45, 2.75) is 5.85 Å². The highest BCUT2D eigenvalue weighted by Gasteiger charge is 2.42.